The molecular formula is C45H47BrCl3N13O7. The van der Waals surface area contributed by atoms with E-state index in [1.54, 1.807) is 39.8 Å². The van der Waals surface area contributed by atoms with Gasteiger partial charge in [-0.3, -0.25) is 27.2 Å². The smallest absolute Gasteiger partial charge is 0.169 e. The molecule has 4 aliphatic carbocycles. The first-order chi connectivity index (χ1) is 34.0. The number of carbonyl (C=O) groups is 2. The van der Waals surface area contributed by atoms with Crippen LogP contribution in [0.4, 0.5) is 5.82 Å². The fourth-order valence-corrected chi connectivity index (χ4v) is 10.1. The molecule has 4 saturated carbocycles. The number of anilines is 1. The maximum atomic E-state index is 11.0. The average Bonchev–Trinajstić information content (AvgIpc) is 4.17. The summed E-state index contributed by atoms with van der Waals surface area (Å²) >= 11 is 21.2. The number of carbonyl (C=O) groups excluding carboxylic acids is 2. The molecule has 5 aliphatic rings. The number of ether oxygens (including phenoxy) is 2. The number of nitrogens with two attached hydrogens (primary N) is 1. The molecule has 0 unspecified atom stereocenters. The van der Waals surface area contributed by atoms with Crippen molar-refractivity contribution >= 4 is 90.2 Å². The lowest BCUT2D eigenvalue weighted by molar-refractivity contribution is -0.216. The number of hydrogen-bond donors (Lipinski definition) is 4. The van der Waals surface area contributed by atoms with Crippen molar-refractivity contribution < 1.29 is 37.1 Å². The number of Topliss-reactive ketones (excluding diaryl/α,β-unsaturated/α-hetero) is 2. The number of imidazole rings is 4. The highest BCUT2D eigenvalue weighted by Crippen LogP contribution is 2.49. The second-order valence-corrected chi connectivity index (χ2v) is 19.3. The van der Waals surface area contributed by atoms with Crippen LogP contribution in [0, 0.1) is 0 Å². The molecule has 69 heavy (non-hydrogen) atoms. The molecule has 20 nitrogen and oxygen atoms in total. The van der Waals surface area contributed by atoms with Gasteiger partial charge in [0, 0.05) is 112 Å². The lowest BCUT2D eigenvalue weighted by Gasteiger charge is -2.42. The number of nitrogen functional groups attached to an aromatic ring is 1. The van der Waals surface area contributed by atoms with E-state index < -0.39 is 5.60 Å². The molecular weight excluding hydrogens is 1020 g/mol. The Balaban J connectivity index is 0.000000114. The molecule has 1 aliphatic heterocycles. The lowest BCUT2D eigenvalue weighted by atomic mass is 9.72. The van der Waals surface area contributed by atoms with Gasteiger partial charge in [0.1, 0.15) is 61.5 Å². The van der Waals surface area contributed by atoms with Crippen LogP contribution in [0.2, 0.25) is 15.5 Å². The molecule has 9 heterocycles. The van der Waals surface area contributed by atoms with Crippen LogP contribution in [0.15, 0.2) is 72.7 Å². The Hall–Kier alpha value is -5.23. The summed E-state index contributed by atoms with van der Waals surface area (Å²) in [5.74, 6) is 4.88. The fraction of sp³-hybridized carbons (Fsp3) is 0.422. The van der Waals surface area contributed by atoms with Gasteiger partial charge in [0.2, 0.25) is 0 Å². The van der Waals surface area contributed by atoms with E-state index in [-0.39, 0.29) is 54.9 Å². The van der Waals surface area contributed by atoms with Crippen LogP contribution in [0.5, 0.6) is 0 Å². The molecule has 5 fully saturated rings. The van der Waals surface area contributed by atoms with Crippen LogP contribution in [0.1, 0.15) is 108 Å². The lowest BCUT2D eigenvalue weighted by Crippen LogP contribution is -2.44. The van der Waals surface area contributed by atoms with E-state index in [4.69, 9.17) is 63.0 Å². The Bertz CT molecular complexity index is 3260. The van der Waals surface area contributed by atoms with Crippen LogP contribution in [0.25, 0.3) is 22.1 Å². The average molecular weight is 1070 g/mol. The van der Waals surface area contributed by atoms with Crippen LogP contribution < -0.4 is 5.73 Å². The highest BCUT2D eigenvalue weighted by Gasteiger charge is 2.51. The monoisotopic (exact) mass is 1070 g/mol. The molecule has 8 aromatic heterocycles. The van der Waals surface area contributed by atoms with E-state index in [1.807, 2.05) is 28.1 Å². The summed E-state index contributed by atoms with van der Waals surface area (Å²) < 4.78 is 34.9. The van der Waals surface area contributed by atoms with Gasteiger partial charge in [-0.1, -0.05) is 34.8 Å². The van der Waals surface area contributed by atoms with Gasteiger partial charge in [0.25, 0.3) is 0 Å². The van der Waals surface area contributed by atoms with Crippen LogP contribution in [-0.4, -0.2) is 122 Å². The minimum Gasteiger partial charge on any atom is -0.394 e. The third-order valence-electron chi connectivity index (χ3n) is 12.5. The number of ketones is 2. The van der Waals surface area contributed by atoms with E-state index in [1.165, 1.54) is 12.4 Å². The number of nitrogens with zero attached hydrogens (tertiary/aromatic N) is 12. The zero-order valence-corrected chi connectivity index (χ0v) is 40.8. The van der Waals surface area contributed by atoms with Gasteiger partial charge in [0.05, 0.1) is 53.4 Å². The van der Waals surface area contributed by atoms with Crippen LogP contribution in [0.3, 0.4) is 0 Å². The quantitative estimate of drug-likeness (QED) is 0.147. The van der Waals surface area contributed by atoms with E-state index in [0.29, 0.717) is 100 Å². The molecule has 0 bridgehead atoms. The van der Waals surface area contributed by atoms with Crippen molar-refractivity contribution in [2.75, 3.05) is 32.2 Å². The van der Waals surface area contributed by atoms with Crippen molar-refractivity contribution in [1.29, 1.82) is 0 Å². The molecule has 13 rings (SSSR count). The standard InChI is InChI=1S/C12H12ClN3O2.C11H13BrN4O.2C10H8ClN3O.C2H6O2/c13-10-9-7-15-11(16(9)2-1-14-10)8-5-12(6-8)17-3-4-18-12;1-11(17)4-6(5-11)10-15-8(12)7-9(13)14-2-3-16(7)10;2*11-9-8-5-13-10(6-3-7(15)4-6)14(8)2-1-12-9;3-1-2-4/h1-2,7-8H,3-6H2;2-3,6,17H,4-5H2,1H3,(H2,13,14);2*1-2,5-6H,3-4H2;3-4H,1-2H2/i;3D;2D;;. The second kappa shape index (κ2) is 20.2. The first-order valence-electron chi connectivity index (χ1n) is 23.0. The Morgan fingerprint density at radius 1 is 0.667 bits per heavy atom. The van der Waals surface area contributed by atoms with Crippen LogP contribution >= 0.6 is 50.7 Å². The summed E-state index contributed by atoms with van der Waals surface area (Å²) in [6, 6.07) is 0. The van der Waals surface area contributed by atoms with Crippen molar-refractivity contribution in [3.63, 3.8) is 0 Å². The van der Waals surface area contributed by atoms with Crippen molar-refractivity contribution in [3.8, 4) is 0 Å². The summed E-state index contributed by atoms with van der Waals surface area (Å²) in [5, 5.41) is 26.3. The summed E-state index contributed by atoms with van der Waals surface area (Å²) in [5.41, 5.74) is 8.10. The highest BCUT2D eigenvalue weighted by atomic mass is 79.9. The molecule has 8 aromatic rings. The van der Waals surface area contributed by atoms with E-state index in [0.717, 1.165) is 47.2 Å². The van der Waals surface area contributed by atoms with Gasteiger partial charge in [-0.05, 0) is 35.7 Å². The normalized spacial score (nSPS) is 21.1. The third kappa shape index (κ3) is 10.1. The van der Waals surface area contributed by atoms with E-state index >= 15 is 0 Å². The number of rotatable bonds is 5. The molecule has 0 aromatic carbocycles. The number of halogens is 4. The van der Waals surface area contributed by atoms with Crippen molar-refractivity contribution in [3.05, 3.63) is 111 Å². The molecule has 362 valence electrons. The SMILES string of the molecule is Clc1nccn2c(C3CC4(C3)OCCO4)ncc12.O=C1CC(c2ncc3c(Cl)nccn23)C1.OCCO.[2H]c1cnc(Cl)c2cnc(C3CC(=O)C3)n12.[2H]c1cnc(N)c2c(Br)nc(C3CC(C)(O)C3)n12. The zero-order valence-electron chi connectivity index (χ0n) is 38.9. The van der Waals surface area contributed by atoms with Gasteiger partial charge in [0.15, 0.2) is 27.1 Å². The summed E-state index contributed by atoms with van der Waals surface area (Å²) in [7, 11) is 0. The molecule has 0 amide bonds. The van der Waals surface area contributed by atoms with E-state index in [9.17, 15) is 14.7 Å². The van der Waals surface area contributed by atoms with Crippen molar-refractivity contribution in [2.24, 2.45) is 0 Å². The predicted molar refractivity (Wildman–Crippen MR) is 256 cm³/mol. The second-order valence-electron chi connectivity index (χ2n) is 17.5. The Labute approximate surface area is 419 Å². The molecule has 0 radical (unpaired) electrons. The summed E-state index contributed by atoms with van der Waals surface area (Å²) in [6.45, 7) is 2.96. The number of hydrogen-bond acceptors (Lipinski definition) is 16. The first-order valence-corrected chi connectivity index (χ1v) is 23.9. The minimum atomic E-state index is -0.621. The van der Waals surface area contributed by atoms with Crippen LogP contribution in [-0.2, 0) is 19.1 Å². The molecule has 24 heteroatoms. The molecule has 5 N–H and O–H groups in total. The molecule has 0 atom stereocenters. The number of aliphatic hydroxyl groups is 3. The number of aromatic nitrogens is 12. The summed E-state index contributed by atoms with van der Waals surface area (Å²) in [4.78, 5) is 55.2. The maximum absolute atomic E-state index is 11.0. The first kappa shape index (κ1) is 46.2. The predicted octanol–water partition coefficient (Wildman–Crippen LogP) is 6.34. The third-order valence-corrected chi connectivity index (χ3v) is 13.9. The molecule has 1 saturated heterocycles. The van der Waals surface area contributed by atoms with Gasteiger partial charge < -0.3 is 30.5 Å². The molecule has 1 spiro atoms. The van der Waals surface area contributed by atoms with E-state index in [2.05, 4.69) is 55.8 Å². The van der Waals surface area contributed by atoms with Gasteiger partial charge in [-0.15, -0.1) is 0 Å². The van der Waals surface area contributed by atoms with Crippen molar-refractivity contribution in [1.82, 2.24) is 57.5 Å². The Kier molecular flexibility index (Phi) is 13.5. The Morgan fingerprint density at radius 3 is 1.59 bits per heavy atom. The minimum absolute atomic E-state index is 0.123. The van der Waals surface area contributed by atoms with Gasteiger partial charge >= 0.3 is 0 Å². The van der Waals surface area contributed by atoms with Gasteiger partial charge in [-0.2, -0.15) is 0 Å². The topological polar surface area (TPSA) is 260 Å². The fourth-order valence-electron chi connectivity index (χ4n) is 8.97. The Morgan fingerprint density at radius 2 is 1.10 bits per heavy atom. The van der Waals surface area contributed by atoms with Gasteiger partial charge in [-0.25, -0.2) is 39.9 Å². The number of fused-ring (bicyclic) bond motifs is 4. The largest absolute Gasteiger partial charge is 0.394 e. The van der Waals surface area contributed by atoms with Crippen molar-refractivity contribution in [2.45, 2.75) is 93.4 Å². The maximum Gasteiger partial charge on any atom is 0.169 e. The highest BCUT2D eigenvalue weighted by molar-refractivity contribution is 9.10. The number of aliphatic hydroxyl groups excluding tert-OH is 2. The summed E-state index contributed by atoms with van der Waals surface area (Å²) in [6.07, 6.45) is 20.7. The zero-order chi connectivity index (χ0) is 50.4.